The highest BCUT2D eigenvalue weighted by atomic mass is 19.3. The number of fused-ring (bicyclic) bond motifs is 1. The normalized spacial score (nSPS) is 11.4. The van der Waals surface area contributed by atoms with Crippen LogP contribution in [0, 0.1) is 0 Å². The van der Waals surface area contributed by atoms with Gasteiger partial charge in [-0.25, -0.2) is 9.97 Å². The lowest BCUT2D eigenvalue weighted by Gasteiger charge is -2.26. The number of aryl methyl sites for hydroxylation is 1. The summed E-state index contributed by atoms with van der Waals surface area (Å²) in [6, 6.07) is 11.1. The van der Waals surface area contributed by atoms with Crippen LogP contribution in [0.15, 0.2) is 48.9 Å². The van der Waals surface area contributed by atoms with Gasteiger partial charge in [0.2, 0.25) is 0 Å². The summed E-state index contributed by atoms with van der Waals surface area (Å²) in [6.07, 6.45) is 3.26. The minimum absolute atomic E-state index is 0.0225. The van der Waals surface area contributed by atoms with Gasteiger partial charge in [0.05, 0.1) is 34.5 Å². The van der Waals surface area contributed by atoms with E-state index in [1.54, 1.807) is 25.2 Å². The molecule has 0 unspecified atom stereocenters. The van der Waals surface area contributed by atoms with Crippen molar-refractivity contribution >= 4 is 33.8 Å². The number of ether oxygens (including phenoxy) is 1. The van der Waals surface area contributed by atoms with Gasteiger partial charge in [0.25, 0.3) is 0 Å². The van der Waals surface area contributed by atoms with Crippen molar-refractivity contribution in [3.8, 4) is 17.0 Å². The van der Waals surface area contributed by atoms with E-state index in [1.807, 2.05) is 62.0 Å². The van der Waals surface area contributed by atoms with E-state index >= 15 is 0 Å². The summed E-state index contributed by atoms with van der Waals surface area (Å²) in [5.74, 6) is 0.471. The van der Waals surface area contributed by atoms with Gasteiger partial charge in [0.15, 0.2) is 5.75 Å². The highest BCUT2D eigenvalue weighted by Crippen LogP contribution is 2.39. The first-order valence-electron chi connectivity index (χ1n) is 12.0. The average Bonchev–Trinajstić information content (AvgIpc) is 3.30. The summed E-state index contributed by atoms with van der Waals surface area (Å²) >= 11 is 0. The SMILES string of the molecule is CCn1ncc2cc(-c3cc(Nc4cc(NC)c(N(C)CCN(C)C)cc4OC(F)F)ncn3)ccc21. The molecule has 196 valence electrons. The van der Waals surface area contributed by atoms with Crippen molar-refractivity contribution in [1.82, 2.24) is 24.6 Å². The summed E-state index contributed by atoms with van der Waals surface area (Å²) in [6.45, 7) is 1.37. The van der Waals surface area contributed by atoms with Crippen LogP contribution in [-0.4, -0.2) is 72.5 Å². The van der Waals surface area contributed by atoms with E-state index in [0.717, 1.165) is 40.9 Å². The number of hydrogen-bond donors (Lipinski definition) is 2. The lowest BCUT2D eigenvalue weighted by atomic mass is 10.1. The van der Waals surface area contributed by atoms with E-state index in [-0.39, 0.29) is 5.75 Å². The smallest absolute Gasteiger partial charge is 0.387 e. The highest BCUT2D eigenvalue weighted by Gasteiger charge is 2.18. The predicted octanol–water partition coefficient (Wildman–Crippen LogP) is 4.90. The zero-order chi connectivity index (χ0) is 26.5. The van der Waals surface area contributed by atoms with Gasteiger partial charge in [-0.2, -0.15) is 13.9 Å². The quantitative estimate of drug-likeness (QED) is 0.295. The number of anilines is 4. The molecule has 0 saturated heterocycles. The standard InChI is InChI=1S/C26H32F2N8O/c1-6-36-22-8-7-17(11-18(22)15-32-36)19-13-25(31-16-30-19)33-21-12-20(29-2)23(14-24(21)37-26(27)28)35(5)10-9-34(3)4/h7-8,11-16,26,29H,6,9-10H2,1-5H3,(H,30,31,33). The molecule has 0 amide bonds. The molecule has 0 aliphatic rings. The average molecular weight is 511 g/mol. The van der Waals surface area contributed by atoms with Gasteiger partial charge in [-0.3, -0.25) is 4.68 Å². The second kappa shape index (κ2) is 11.4. The first kappa shape index (κ1) is 26.1. The van der Waals surface area contributed by atoms with Gasteiger partial charge < -0.3 is 25.2 Å². The van der Waals surface area contributed by atoms with E-state index in [1.165, 1.54) is 6.33 Å². The summed E-state index contributed by atoms with van der Waals surface area (Å²) in [5.41, 5.74) is 4.49. The first-order chi connectivity index (χ1) is 17.8. The molecule has 2 aromatic carbocycles. The van der Waals surface area contributed by atoms with Gasteiger partial charge in [-0.15, -0.1) is 0 Å². The van der Waals surface area contributed by atoms with Crippen molar-refractivity contribution in [1.29, 1.82) is 0 Å². The largest absolute Gasteiger partial charge is 0.433 e. The van der Waals surface area contributed by atoms with Gasteiger partial charge in [0, 0.05) is 56.8 Å². The van der Waals surface area contributed by atoms with Gasteiger partial charge >= 0.3 is 6.61 Å². The van der Waals surface area contributed by atoms with Crippen LogP contribution < -0.4 is 20.3 Å². The van der Waals surface area contributed by atoms with Crippen LogP contribution in [0.3, 0.4) is 0 Å². The molecule has 2 heterocycles. The Balaban J connectivity index is 1.66. The minimum Gasteiger partial charge on any atom is -0.433 e. The molecule has 37 heavy (non-hydrogen) atoms. The first-order valence-corrected chi connectivity index (χ1v) is 12.0. The van der Waals surface area contributed by atoms with Crippen LogP contribution in [0.5, 0.6) is 5.75 Å². The second-order valence-corrected chi connectivity index (χ2v) is 8.87. The van der Waals surface area contributed by atoms with Gasteiger partial charge in [-0.1, -0.05) is 6.07 Å². The molecule has 4 aromatic rings. The molecule has 0 bridgehead atoms. The number of likely N-dealkylation sites (N-methyl/N-ethyl adjacent to an activating group) is 2. The Kier molecular flexibility index (Phi) is 8.02. The molecule has 0 spiro atoms. The van der Waals surface area contributed by atoms with E-state index in [2.05, 4.69) is 30.6 Å². The number of nitrogens with zero attached hydrogens (tertiary/aromatic N) is 6. The van der Waals surface area contributed by atoms with E-state index in [9.17, 15) is 8.78 Å². The summed E-state index contributed by atoms with van der Waals surface area (Å²) in [4.78, 5) is 12.8. The Morgan fingerprint density at radius 1 is 1.03 bits per heavy atom. The third-order valence-corrected chi connectivity index (χ3v) is 6.04. The van der Waals surface area contributed by atoms with Crippen LogP contribution in [0.2, 0.25) is 0 Å². The summed E-state index contributed by atoms with van der Waals surface area (Å²) in [7, 11) is 7.67. The molecule has 0 fully saturated rings. The molecule has 0 aliphatic carbocycles. The molecule has 0 aliphatic heterocycles. The van der Waals surface area contributed by atoms with Crippen LogP contribution in [0.4, 0.5) is 31.7 Å². The molecule has 0 saturated carbocycles. The Morgan fingerprint density at radius 3 is 2.54 bits per heavy atom. The maximum Gasteiger partial charge on any atom is 0.387 e. The number of alkyl halides is 2. The molecular formula is C26H32F2N8O. The third-order valence-electron chi connectivity index (χ3n) is 6.04. The van der Waals surface area contributed by atoms with Gasteiger partial charge in [-0.05, 0) is 39.2 Å². The maximum absolute atomic E-state index is 13.3. The lowest BCUT2D eigenvalue weighted by Crippen LogP contribution is -2.29. The molecule has 4 rings (SSSR count). The van der Waals surface area contributed by atoms with Crippen LogP contribution >= 0.6 is 0 Å². The van der Waals surface area contributed by atoms with E-state index < -0.39 is 6.61 Å². The van der Waals surface area contributed by atoms with Crippen LogP contribution in [-0.2, 0) is 6.54 Å². The van der Waals surface area contributed by atoms with Crippen molar-refractivity contribution in [2.45, 2.75) is 20.1 Å². The van der Waals surface area contributed by atoms with Crippen LogP contribution in [0.25, 0.3) is 22.2 Å². The fourth-order valence-corrected chi connectivity index (χ4v) is 4.07. The number of hydrogen-bond acceptors (Lipinski definition) is 8. The Bertz CT molecular complexity index is 1360. The number of halogens is 2. The number of aromatic nitrogens is 4. The summed E-state index contributed by atoms with van der Waals surface area (Å²) in [5, 5.41) is 11.7. The van der Waals surface area contributed by atoms with Crippen molar-refractivity contribution in [2.75, 3.05) is 56.8 Å². The molecule has 0 atom stereocenters. The van der Waals surface area contributed by atoms with Crippen molar-refractivity contribution < 1.29 is 13.5 Å². The predicted molar refractivity (Wildman–Crippen MR) is 144 cm³/mol. The maximum atomic E-state index is 13.3. The van der Waals surface area contributed by atoms with E-state index in [4.69, 9.17) is 4.74 Å². The fraction of sp³-hybridized carbons (Fsp3) is 0.346. The fourth-order valence-electron chi connectivity index (χ4n) is 4.07. The second-order valence-electron chi connectivity index (χ2n) is 8.87. The molecular weight excluding hydrogens is 478 g/mol. The van der Waals surface area contributed by atoms with Crippen molar-refractivity contribution in [3.05, 3.63) is 48.9 Å². The van der Waals surface area contributed by atoms with E-state index in [0.29, 0.717) is 23.7 Å². The molecule has 0 radical (unpaired) electrons. The molecule has 2 aromatic heterocycles. The zero-order valence-corrected chi connectivity index (χ0v) is 21.7. The Morgan fingerprint density at radius 2 is 1.84 bits per heavy atom. The zero-order valence-electron chi connectivity index (χ0n) is 21.7. The number of rotatable bonds is 11. The van der Waals surface area contributed by atoms with Crippen LogP contribution in [0.1, 0.15) is 6.92 Å². The minimum atomic E-state index is -2.97. The number of benzene rings is 2. The number of nitrogens with one attached hydrogen (secondary N) is 2. The Hall–Kier alpha value is -3.99. The Labute approximate surface area is 215 Å². The molecule has 2 N–H and O–H groups in total. The van der Waals surface area contributed by atoms with Crippen molar-refractivity contribution in [3.63, 3.8) is 0 Å². The molecule has 11 heteroatoms. The third kappa shape index (κ3) is 6.05. The molecule has 9 nitrogen and oxygen atoms in total. The lowest BCUT2D eigenvalue weighted by molar-refractivity contribution is -0.0493. The van der Waals surface area contributed by atoms with Gasteiger partial charge in [0.1, 0.15) is 12.1 Å². The topological polar surface area (TPSA) is 83.4 Å². The monoisotopic (exact) mass is 510 g/mol. The highest BCUT2D eigenvalue weighted by molar-refractivity contribution is 5.85. The summed E-state index contributed by atoms with van der Waals surface area (Å²) < 4.78 is 33.5. The van der Waals surface area contributed by atoms with Crippen molar-refractivity contribution in [2.24, 2.45) is 0 Å².